The van der Waals surface area contributed by atoms with Crippen LogP contribution in [0.1, 0.15) is 51.9 Å². The molecule has 0 heterocycles. The Morgan fingerprint density at radius 2 is 1.88 bits per heavy atom. The van der Waals surface area contributed by atoms with Crippen LogP contribution < -0.4 is 5.32 Å². The van der Waals surface area contributed by atoms with E-state index in [2.05, 4.69) is 12.2 Å². The standard InChI is InChI=1S/C13H23NO2/c1-10-8-13(9-10,12(15)16-2)14-11-6-4-3-5-7-11/h10-11,14H,3-9H2,1-2H3. The molecule has 0 amide bonds. The molecule has 0 radical (unpaired) electrons. The van der Waals surface area contributed by atoms with Crippen molar-refractivity contribution < 1.29 is 9.53 Å². The highest BCUT2D eigenvalue weighted by Crippen LogP contribution is 2.39. The summed E-state index contributed by atoms with van der Waals surface area (Å²) < 4.78 is 4.95. The summed E-state index contributed by atoms with van der Waals surface area (Å²) in [6, 6.07) is 0.528. The lowest BCUT2D eigenvalue weighted by molar-refractivity contribution is -0.155. The van der Waals surface area contributed by atoms with E-state index in [1.165, 1.54) is 39.2 Å². The third kappa shape index (κ3) is 2.24. The first-order valence-corrected chi connectivity index (χ1v) is 6.52. The number of hydrogen-bond acceptors (Lipinski definition) is 3. The largest absolute Gasteiger partial charge is 0.468 e. The van der Waals surface area contributed by atoms with Crippen LogP contribution in [0, 0.1) is 5.92 Å². The van der Waals surface area contributed by atoms with Crippen molar-refractivity contribution in [2.75, 3.05) is 7.11 Å². The molecule has 0 unspecified atom stereocenters. The Kier molecular flexibility index (Phi) is 3.53. The zero-order valence-corrected chi connectivity index (χ0v) is 10.4. The van der Waals surface area contributed by atoms with E-state index in [1.807, 2.05) is 0 Å². The smallest absolute Gasteiger partial charge is 0.326 e. The van der Waals surface area contributed by atoms with Crippen LogP contribution in [0.15, 0.2) is 0 Å². The summed E-state index contributed by atoms with van der Waals surface area (Å²) in [4.78, 5) is 11.9. The second kappa shape index (κ2) is 4.74. The minimum atomic E-state index is -0.351. The van der Waals surface area contributed by atoms with Gasteiger partial charge in [0.05, 0.1) is 7.11 Å². The molecule has 2 fully saturated rings. The molecule has 0 aliphatic heterocycles. The summed E-state index contributed by atoms with van der Waals surface area (Å²) in [5, 5.41) is 3.58. The molecule has 16 heavy (non-hydrogen) atoms. The average Bonchev–Trinajstić information content (AvgIpc) is 2.27. The fourth-order valence-electron chi connectivity index (χ4n) is 3.31. The maximum absolute atomic E-state index is 11.9. The van der Waals surface area contributed by atoms with Crippen LogP contribution in [0.2, 0.25) is 0 Å². The Bertz CT molecular complexity index is 253. The van der Waals surface area contributed by atoms with Crippen molar-refractivity contribution in [1.82, 2.24) is 5.32 Å². The number of methoxy groups -OCH3 is 1. The van der Waals surface area contributed by atoms with Crippen molar-refractivity contribution in [3.8, 4) is 0 Å². The Hall–Kier alpha value is -0.570. The number of ether oxygens (including phenoxy) is 1. The van der Waals surface area contributed by atoms with Crippen LogP contribution in [0.5, 0.6) is 0 Å². The van der Waals surface area contributed by atoms with Crippen molar-refractivity contribution in [3.63, 3.8) is 0 Å². The highest BCUT2D eigenvalue weighted by atomic mass is 16.5. The Morgan fingerprint density at radius 1 is 1.25 bits per heavy atom. The highest BCUT2D eigenvalue weighted by molar-refractivity contribution is 5.82. The number of carbonyl (C=O) groups excluding carboxylic acids is 1. The lowest BCUT2D eigenvalue weighted by Gasteiger charge is -2.47. The van der Waals surface area contributed by atoms with Crippen LogP contribution in [0.3, 0.4) is 0 Å². The van der Waals surface area contributed by atoms with Gasteiger partial charge in [0.2, 0.25) is 0 Å². The predicted octanol–water partition coefficient (Wildman–Crippen LogP) is 2.25. The van der Waals surface area contributed by atoms with Crippen molar-refractivity contribution in [2.45, 2.75) is 63.5 Å². The molecule has 2 aliphatic rings. The number of rotatable bonds is 3. The van der Waals surface area contributed by atoms with Crippen molar-refractivity contribution in [3.05, 3.63) is 0 Å². The van der Waals surface area contributed by atoms with E-state index >= 15 is 0 Å². The SMILES string of the molecule is COC(=O)C1(NC2CCCCC2)CC(C)C1. The quantitative estimate of drug-likeness (QED) is 0.749. The molecule has 92 valence electrons. The molecule has 3 heteroatoms. The van der Waals surface area contributed by atoms with Crippen LogP contribution in [0.25, 0.3) is 0 Å². The summed E-state index contributed by atoms with van der Waals surface area (Å²) in [6.45, 7) is 2.20. The third-order valence-electron chi connectivity index (χ3n) is 4.06. The van der Waals surface area contributed by atoms with Gasteiger partial charge in [-0.25, -0.2) is 0 Å². The molecule has 2 aliphatic carbocycles. The minimum absolute atomic E-state index is 0.0591. The predicted molar refractivity (Wildman–Crippen MR) is 63.2 cm³/mol. The Balaban J connectivity index is 1.95. The van der Waals surface area contributed by atoms with Crippen molar-refractivity contribution in [2.24, 2.45) is 5.92 Å². The van der Waals surface area contributed by atoms with E-state index < -0.39 is 0 Å². The van der Waals surface area contributed by atoms with Crippen molar-refractivity contribution in [1.29, 1.82) is 0 Å². The normalized spacial score (nSPS) is 35.5. The van der Waals surface area contributed by atoms with Crippen molar-refractivity contribution >= 4 is 5.97 Å². The van der Waals surface area contributed by atoms with Gasteiger partial charge in [0, 0.05) is 6.04 Å². The van der Waals surface area contributed by atoms with Gasteiger partial charge in [-0.3, -0.25) is 10.1 Å². The third-order valence-corrected chi connectivity index (χ3v) is 4.06. The van der Waals surface area contributed by atoms with E-state index in [1.54, 1.807) is 0 Å². The van der Waals surface area contributed by atoms with Gasteiger partial charge in [-0.05, 0) is 31.6 Å². The van der Waals surface area contributed by atoms with Gasteiger partial charge in [-0.15, -0.1) is 0 Å². The summed E-state index contributed by atoms with van der Waals surface area (Å²) >= 11 is 0. The van der Waals surface area contributed by atoms with E-state index in [4.69, 9.17) is 4.74 Å². The first kappa shape index (κ1) is 11.9. The van der Waals surface area contributed by atoms with Gasteiger partial charge >= 0.3 is 5.97 Å². The second-order valence-electron chi connectivity index (χ2n) is 5.57. The van der Waals surface area contributed by atoms with Gasteiger partial charge in [0.1, 0.15) is 5.54 Å². The molecular formula is C13H23NO2. The molecule has 3 nitrogen and oxygen atoms in total. The fraction of sp³-hybridized carbons (Fsp3) is 0.923. The number of carbonyl (C=O) groups is 1. The van der Waals surface area contributed by atoms with Crippen LogP contribution in [0.4, 0.5) is 0 Å². The summed E-state index contributed by atoms with van der Waals surface area (Å²) in [5.74, 6) is 0.589. The van der Waals surface area contributed by atoms with Gasteiger partial charge < -0.3 is 4.74 Å². The molecular weight excluding hydrogens is 202 g/mol. The van der Waals surface area contributed by atoms with Crippen LogP contribution >= 0.6 is 0 Å². The Morgan fingerprint density at radius 3 is 2.38 bits per heavy atom. The maximum atomic E-state index is 11.9. The number of esters is 1. The maximum Gasteiger partial charge on any atom is 0.326 e. The van der Waals surface area contributed by atoms with E-state index in [0.717, 1.165) is 12.8 Å². The molecule has 0 atom stereocenters. The molecule has 2 rings (SSSR count). The summed E-state index contributed by atoms with van der Waals surface area (Å²) in [6.07, 6.45) is 8.25. The fourth-order valence-corrected chi connectivity index (χ4v) is 3.31. The molecule has 1 N–H and O–H groups in total. The lowest BCUT2D eigenvalue weighted by Crippen LogP contribution is -2.63. The summed E-state index contributed by atoms with van der Waals surface area (Å²) in [7, 11) is 1.50. The van der Waals surface area contributed by atoms with Gasteiger partial charge in [0.15, 0.2) is 0 Å². The molecule has 0 spiro atoms. The van der Waals surface area contributed by atoms with E-state index in [0.29, 0.717) is 12.0 Å². The highest BCUT2D eigenvalue weighted by Gasteiger charge is 2.50. The topological polar surface area (TPSA) is 38.3 Å². The molecule has 0 aromatic heterocycles. The zero-order chi connectivity index (χ0) is 11.6. The van der Waals surface area contributed by atoms with Gasteiger partial charge in [0.25, 0.3) is 0 Å². The molecule has 2 saturated carbocycles. The minimum Gasteiger partial charge on any atom is -0.468 e. The number of nitrogens with one attached hydrogen (secondary N) is 1. The van der Waals surface area contributed by atoms with Gasteiger partial charge in [-0.1, -0.05) is 26.2 Å². The first-order valence-electron chi connectivity index (χ1n) is 6.52. The zero-order valence-electron chi connectivity index (χ0n) is 10.4. The Labute approximate surface area is 97.9 Å². The lowest BCUT2D eigenvalue weighted by atomic mass is 9.68. The molecule has 0 aromatic rings. The molecule has 0 aromatic carbocycles. The van der Waals surface area contributed by atoms with E-state index in [-0.39, 0.29) is 11.5 Å². The molecule has 0 bridgehead atoms. The molecule has 0 saturated heterocycles. The number of hydrogen-bond donors (Lipinski definition) is 1. The monoisotopic (exact) mass is 225 g/mol. The summed E-state index contributed by atoms with van der Waals surface area (Å²) in [5.41, 5.74) is -0.351. The van der Waals surface area contributed by atoms with Crippen LogP contribution in [-0.2, 0) is 9.53 Å². The van der Waals surface area contributed by atoms with Crippen LogP contribution in [-0.4, -0.2) is 24.7 Å². The van der Waals surface area contributed by atoms with Gasteiger partial charge in [-0.2, -0.15) is 0 Å². The second-order valence-corrected chi connectivity index (χ2v) is 5.57. The van der Waals surface area contributed by atoms with E-state index in [9.17, 15) is 4.79 Å². The first-order chi connectivity index (χ1) is 7.66. The average molecular weight is 225 g/mol.